The fraction of sp³-hybridized carbons (Fsp3) is 0.0909. The second kappa shape index (κ2) is 5.19. The molecule has 0 amide bonds. The molecule has 0 saturated carbocycles. The highest BCUT2D eigenvalue weighted by molar-refractivity contribution is 9.13. The number of hydrogen-bond acceptors (Lipinski definition) is 2. The summed E-state index contributed by atoms with van der Waals surface area (Å²) in [7, 11) is 0. The molecule has 16 heavy (non-hydrogen) atoms. The third-order valence-corrected chi connectivity index (χ3v) is 5.64. The van der Waals surface area contributed by atoms with Gasteiger partial charge in [-0.1, -0.05) is 23.7 Å². The molecule has 0 aliphatic carbocycles. The van der Waals surface area contributed by atoms with Crippen LogP contribution in [0.15, 0.2) is 38.6 Å². The van der Waals surface area contributed by atoms with E-state index in [1.54, 1.807) is 12.1 Å². The number of rotatable bonds is 2. The van der Waals surface area contributed by atoms with Crippen molar-refractivity contribution < 1.29 is 5.11 Å². The summed E-state index contributed by atoms with van der Waals surface area (Å²) >= 11 is 14.2. The molecule has 1 nitrogen and oxygen atoms in total. The van der Waals surface area contributed by atoms with Gasteiger partial charge in [-0.2, -0.15) is 0 Å². The van der Waals surface area contributed by atoms with Crippen LogP contribution in [0.3, 0.4) is 0 Å². The highest BCUT2D eigenvalue weighted by Crippen LogP contribution is 2.37. The van der Waals surface area contributed by atoms with Crippen LogP contribution in [0.25, 0.3) is 0 Å². The first kappa shape index (κ1) is 12.6. The highest BCUT2D eigenvalue weighted by Gasteiger charge is 2.15. The minimum absolute atomic E-state index is 0.631. The van der Waals surface area contributed by atoms with Crippen LogP contribution in [0, 0.1) is 0 Å². The van der Waals surface area contributed by atoms with Crippen LogP contribution < -0.4 is 0 Å². The van der Waals surface area contributed by atoms with Crippen molar-refractivity contribution in [3.63, 3.8) is 0 Å². The number of halogens is 3. The maximum Gasteiger partial charge on any atom is 0.113 e. The summed E-state index contributed by atoms with van der Waals surface area (Å²) in [6.07, 6.45) is -0.633. The Balaban J connectivity index is 2.35. The van der Waals surface area contributed by atoms with Gasteiger partial charge in [0.2, 0.25) is 0 Å². The van der Waals surface area contributed by atoms with Crippen molar-refractivity contribution in [1.82, 2.24) is 0 Å². The van der Waals surface area contributed by atoms with Crippen molar-refractivity contribution in [2.45, 2.75) is 6.10 Å². The van der Waals surface area contributed by atoms with Gasteiger partial charge in [0.05, 0.1) is 3.79 Å². The molecule has 2 aromatic rings. The molecule has 0 fully saturated rings. The first-order valence-corrected chi connectivity index (χ1v) is 7.24. The van der Waals surface area contributed by atoms with Gasteiger partial charge in [0.1, 0.15) is 6.10 Å². The van der Waals surface area contributed by atoms with E-state index in [0.717, 1.165) is 18.7 Å². The summed E-state index contributed by atoms with van der Waals surface area (Å²) in [6.45, 7) is 0. The van der Waals surface area contributed by atoms with Gasteiger partial charge in [-0.05, 0) is 55.6 Å². The summed E-state index contributed by atoms with van der Waals surface area (Å²) in [5.41, 5.74) is 0.800. The second-order valence-electron chi connectivity index (χ2n) is 3.23. The minimum atomic E-state index is -0.633. The topological polar surface area (TPSA) is 20.2 Å². The van der Waals surface area contributed by atoms with Gasteiger partial charge >= 0.3 is 0 Å². The molecule has 0 bridgehead atoms. The molecule has 1 heterocycles. The van der Waals surface area contributed by atoms with E-state index in [0.29, 0.717) is 5.02 Å². The van der Waals surface area contributed by atoms with E-state index < -0.39 is 6.10 Å². The van der Waals surface area contributed by atoms with Gasteiger partial charge in [-0.25, -0.2) is 0 Å². The monoisotopic (exact) mass is 380 g/mol. The van der Waals surface area contributed by atoms with Crippen LogP contribution in [0.2, 0.25) is 5.02 Å². The molecule has 2 rings (SSSR count). The van der Waals surface area contributed by atoms with Crippen LogP contribution in [0.4, 0.5) is 0 Å². The van der Waals surface area contributed by atoms with E-state index in [2.05, 4.69) is 31.9 Å². The predicted molar refractivity (Wildman–Crippen MR) is 75.2 cm³/mol. The normalized spacial score (nSPS) is 12.8. The van der Waals surface area contributed by atoms with Gasteiger partial charge in [0.25, 0.3) is 0 Å². The van der Waals surface area contributed by atoms with Crippen LogP contribution in [0.1, 0.15) is 16.5 Å². The first-order valence-electron chi connectivity index (χ1n) is 4.46. The molecule has 5 heteroatoms. The lowest BCUT2D eigenvalue weighted by Gasteiger charge is -2.08. The van der Waals surface area contributed by atoms with Crippen molar-refractivity contribution in [2.75, 3.05) is 0 Å². The van der Waals surface area contributed by atoms with Crippen molar-refractivity contribution >= 4 is 54.8 Å². The Morgan fingerprint density at radius 3 is 2.56 bits per heavy atom. The van der Waals surface area contributed by atoms with Crippen molar-refractivity contribution in [1.29, 1.82) is 0 Å². The molecule has 1 aromatic heterocycles. The Morgan fingerprint density at radius 1 is 1.25 bits per heavy atom. The molecule has 0 aliphatic heterocycles. The fourth-order valence-electron chi connectivity index (χ4n) is 1.34. The highest BCUT2D eigenvalue weighted by atomic mass is 79.9. The van der Waals surface area contributed by atoms with E-state index in [9.17, 15) is 5.11 Å². The Bertz CT molecular complexity index is 493. The molecule has 1 atom stereocenters. The Labute approximate surface area is 119 Å². The summed E-state index contributed by atoms with van der Waals surface area (Å²) in [6, 6.07) is 9.16. The van der Waals surface area contributed by atoms with E-state index in [-0.39, 0.29) is 0 Å². The van der Waals surface area contributed by atoms with E-state index in [1.165, 1.54) is 11.3 Å². The molecule has 0 radical (unpaired) electrons. The van der Waals surface area contributed by atoms with Crippen LogP contribution in [-0.2, 0) is 0 Å². The number of hydrogen-bond donors (Lipinski definition) is 1. The lowest BCUT2D eigenvalue weighted by Crippen LogP contribution is -1.96. The van der Waals surface area contributed by atoms with Crippen molar-refractivity contribution in [3.8, 4) is 0 Å². The molecule has 0 aliphatic rings. The molecular formula is C11H7Br2ClOS. The summed E-state index contributed by atoms with van der Waals surface area (Å²) in [5.74, 6) is 0. The van der Waals surface area contributed by atoms with Gasteiger partial charge in [0, 0.05) is 14.4 Å². The Kier molecular flexibility index (Phi) is 4.08. The number of aliphatic hydroxyl groups excluding tert-OH is 1. The summed E-state index contributed by atoms with van der Waals surface area (Å²) < 4.78 is 1.93. The van der Waals surface area contributed by atoms with Crippen molar-refractivity contribution in [2.24, 2.45) is 0 Å². The zero-order chi connectivity index (χ0) is 11.7. The molecule has 1 aromatic carbocycles. The largest absolute Gasteiger partial charge is 0.383 e. The molecule has 0 saturated heterocycles. The van der Waals surface area contributed by atoms with Crippen molar-refractivity contribution in [3.05, 3.63) is 54.1 Å². The number of benzene rings is 1. The lowest BCUT2D eigenvalue weighted by atomic mass is 10.1. The maximum absolute atomic E-state index is 10.2. The van der Waals surface area contributed by atoms with Crippen LogP contribution >= 0.6 is 54.8 Å². The zero-order valence-electron chi connectivity index (χ0n) is 7.95. The minimum Gasteiger partial charge on any atom is -0.383 e. The smallest absolute Gasteiger partial charge is 0.113 e. The van der Waals surface area contributed by atoms with E-state index >= 15 is 0 Å². The second-order valence-corrected chi connectivity index (χ2v) is 6.92. The maximum atomic E-state index is 10.2. The van der Waals surface area contributed by atoms with E-state index in [4.69, 9.17) is 11.6 Å². The zero-order valence-corrected chi connectivity index (χ0v) is 12.7. The molecule has 1 unspecified atom stereocenters. The average Bonchev–Trinajstić information content (AvgIpc) is 2.58. The third kappa shape index (κ3) is 2.68. The summed E-state index contributed by atoms with van der Waals surface area (Å²) in [5, 5.41) is 10.8. The number of aliphatic hydroxyl groups is 1. The SMILES string of the molecule is OC(c1cccc(Cl)c1)c1cc(Br)c(Br)s1. The van der Waals surface area contributed by atoms with Gasteiger partial charge < -0.3 is 5.11 Å². The predicted octanol–water partition coefficient (Wildman–Crippen LogP) is 5.01. The molecular weight excluding hydrogens is 375 g/mol. The standard InChI is InChI=1S/C11H7Br2ClOS/c12-8-5-9(16-11(8)13)10(15)6-2-1-3-7(14)4-6/h1-5,10,15H. The fourth-order valence-corrected chi connectivity index (χ4v) is 3.64. The Morgan fingerprint density at radius 2 is 2.00 bits per heavy atom. The van der Waals surface area contributed by atoms with Gasteiger partial charge in [-0.15, -0.1) is 11.3 Å². The third-order valence-electron chi connectivity index (χ3n) is 2.10. The Hall–Kier alpha value is 0.130. The molecule has 1 N–H and O–H groups in total. The number of thiophene rings is 1. The first-order chi connectivity index (χ1) is 7.58. The quantitative estimate of drug-likeness (QED) is 0.774. The molecule has 84 valence electrons. The lowest BCUT2D eigenvalue weighted by molar-refractivity contribution is 0.224. The van der Waals surface area contributed by atoms with Gasteiger partial charge in [-0.3, -0.25) is 0 Å². The average molecular weight is 383 g/mol. The van der Waals surface area contributed by atoms with Crippen LogP contribution in [0.5, 0.6) is 0 Å². The van der Waals surface area contributed by atoms with Gasteiger partial charge in [0.15, 0.2) is 0 Å². The van der Waals surface area contributed by atoms with Crippen LogP contribution in [-0.4, -0.2) is 5.11 Å². The molecule has 0 spiro atoms. The van der Waals surface area contributed by atoms with E-state index in [1.807, 2.05) is 18.2 Å². The summed E-state index contributed by atoms with van der Waals surface area (Å²) in [4.78, 5) is 0.876.